The molecular formula is C13H26N2. The predicted octanol–water partition coefficient (Wildman–Crippen LogP) is 2.25. The van der Waals surface area contributed by atoms with E-state index in [1.54, 1.807) is 0 Å². The summed E-state index contributed by atoms with van der Waals surface area (Å²) in [7, 11) is 0. The zero-order chi connectivity index (χ0) is 10.7. The largest absolute Gasteiger partial charge is 0.315 e. The van der Waals surface area contributed by atoms with Crippen LogP contribution in [0.1, 0.15) is 46.0 Å². The minimum atomic E-state index is 0.796. The molecule has 1 N–H and O–H groups in total. The molecule has 2 fully saturated rings. The van der Waals surface area contributed by atoms with E-state index in [1.165, 1.54) is 51.7 Å². The molecule has 1 saturated carbocycles. The Morgan fingerprint density at radius 1 is 1.33 bits per heavy atom. The molecule has 2 aliphatic rings. The minimum absolute atomic E-state index is 0.796. The average Bonchev–Trinajstić information content (AvgIpc) is 2.66. The van der Waals surface area contributed by atoms with Crippen LogP contribution in [0.2, 0.25) is 0 Å². The molecule has 1 aliphatic carbocycles. The fourth-order valence-corrected chi connectivity index (χ4v) is 3.20. The maximum atomic E-state index is 3.48. The molecule has 0 radical (unpaired) electrons. The van der Waals surface area contributed by atoms with Crippen LogP contribution in [0.15, 0.2) is 0 Å². The first-order valence-corrected chi connectivity index (χ1v) is 6.77. The molecule has 0 spiro atoms. The molecule has 1 aliphatic heterocycles. The van der Waals surface area contributed by atoms with Gasteiger partial charge in [0.25, 0.3) is 0 Å². The van der Waals surface area contributed by atoms with Gasteiger partial charge in [0.15, 0.2) is 0 Å². The Bertz CT molecular complexity index is 183. The van der Waals surface area contributed by atoms with Gasteiger partial charge in [-0.2, -0.15) is 0 Å². The Hall–Kier alpha value is -0.0800. The molecule has 0 aromatic carbocycles. The molecule has 0 aromatic rings. The molecule has 1 heterocycles. The van der Waals surface area contributed by atoms with Gasteiger partial charge in [-0.25, -0.2) is 0 Å². The van der Waals surface area contributed by atoms with Gasteiger partial charge in [-0.1, -0.05) is 26.2 Å². The third kappa shape index (κ3) is 2.73. The van der Waals surface area contributed by atoms with Crippen LogP contribution >= 0.6 is 0 Å². The van der Waals surface area contributed by atoms with E-state index in [0.29, 0.717) is 0 Å². The first-order valence-electron chi connectivity index (χ1n) is 6.77. The summed E-state index contributed by atoms with van der Waals surface area (Å²) in [6, 6.07) is 1.61. The standard InChI is InChI=1S/C13H26N2/c1-3-15(13-7-8-14-10-13)11(2)9-12-5-4-6-12/h11-14H,3-10H2,1-2H3. The fourth-order valence-electron chi connectivity index (χ4n) is 3.20. The normalized spacial score (nSPS) is 29.4. The molecule has 0 amide bonds. The monoisotopic (exact) mass is 210 g/mol. The third-order valence-corrected chi connectivity index (χ3v) is 4.33. The lowest BCUT2D eigenvalue weighted by molar-refractivity contribution is 0.122. The predicted molar refractivity (Wildman–Crippen MR) is 65.1 cm³/mol. The summed E-state index contributed by atoms with van der Waals surface area (Å²) >= 11 is 0. The van der Waals surface area contributed by atoms with Crippen LogP contribution in [-0.2, 0) is 0 Å². The molecule has 88 valence electrons. The van der Waals surface area contributed by atoms with Crippen molar-refractivity contribution in [3.05, 3.63) is 0 Å². The van der Waals surface area contributed by atoms with Crippen LogP contribution in [0, 0.1) is 5.92 Å². The van der Waals surface area contributed by atoms with Crippen LogP contribution in [0.5, 0.6) is 0 Å². The SMILES string of the molecule is CCN(C(C)CC1CCC1)C1CCNC1. The number of hydrogen-bond acceptors (Lipinski definition) is 2. The Morgan fingerprint density at radius 3 is 2.60 bits per heavy atom. The molecule has 2 atom stereocenters. The van der Waals surface area contributed by atoms with Crippen molar-refractivity contribution in [3.63, 3.8) is 0 Å². The average molecular weight is 210 g/mol. The van der Waals surface area contributed by atoms with Gasteiger partial charge < -0.3 is 5.32 Å². The Balaban J connectivity index is 1.80. The van der Waals surface area contributed by atoms with E-state index in [9.17, 15) is 0 Å². The summed E-state index contributed by atoms with van der Waals surface area (Å²) in [6.07, 6.45) is 7.25. The molecule has 2 heteroatoms. The minimum Gasteiger partial charge on any atom is -0.315 e. The highest BCUT2D eigenvalue weighted by molar-refractivity contribution is 4.85. The lowest BCUT2D eigenvalue weighted by Crippen LogP contribution is -2.44. The summed E-state index contributed by atoms with van der Waals surface area (Å²) in [4.78, 5) is 2.72. The summed E-state index contributed by atoms with van der Waals surface area (Å²) in [5.41, 5.74) is 0. The van der Waals surface area contributed by atoms with Crippen LogP contribution in [-0.4, -0.2) is 36.6 Å². The first-order chi connectivity index (χ1) is 7.31. The van der Waals surface area contributed by atoms with E-state index in [0.717, 1.165) is 18.0 Å². The number of rotatable bonds is 5. The van der Waals surface area contributed by atoms with E-state index < -0.39 is 0 Å². The lowest BCUT2D eigenvalue weighted by atomic mass is 9.80. The maximum Gasteiger partial charge on any atom is 0.0235 e. The number of nitrogens with zero attached hydrogens (tertiary/aromatic N) is 1. The van der Waals surface area contributed by atoms with Gasteiger partial charge in [-0.15, -0.1) is 0 Å². The molecule has 2 unspecified atom stereocenters. The van der Waals surface area contributed by atoms with E-state index in [1.807, 2.05) is 0 Å². The Kier molecular flexibility index (Phi) is 4.04. The quantitative estimate of drug-likeness (QED) is 0.749. The van der Waals surface area contributed by atoms with Gasteiger partial charge in [0.1, 0.15) is 0 Å². The van der Waals surface area contributed by atoms with E-state index in [2.05, 4.69) is 24.1 Å². The first kappa shape index (κ1) is 11.4. The zero-order valence-electron chi connectivity index (χ0n) is 10.3. The molecule has 0 aromatic heterocycles. The summed E-state index contributed by atoms with van der Waals surface area (Å²) in [6.45, 7) is 8.40. The van der Waals surface area contributed by atoms with Crippen molar-refractivity contribution in [1.82, 2.24) is 10.2 Å². The van der Waals surface area contributed by atoms with Crippen molar-refractivity contribution in [1.29, 1.82) is 0 Å². The molecule has 2 rings (SSSR count). The van der Waals surface area contributed by atoms with Crippen LogP contribution in [0.25, 0.3) is 0 Å². The highest BCUT2D eigenvalue weighted by Crippen LogP contribution is 2.32. The smallest absolute Gasteiger partial charge is 0.0235 e. The van der Waals surface area contributed by atoms with Crippen LogP contribution in [0.3, 0.4) is 0 Å². The zero-order valence-corrected chi connectivity index (χ0v) is 10.3. The maximum absolute atomic E-state index is 3.48. The topological polar surface area (TPSA) is 15.3 Å². The van der Waals surface area contributed by atoms with Crippen molar-refractivity contribution in [2.24, 2.45) is 5.92 Å². The van der Waals surface area contributed by atoms with Gasteiger partial charge in [-0.05, 0) is 38.8 Å². The molecule has 15 heavy (non-hydrogen) atoms. The number of hydrogen-bond donors (Lipinski definition) is 1. The van der Waals surface area contributed by atoms with Crippen molar-refractivity contribution >= 4 is 0 Å². The molecular weight excluding hydrogens is 184 g/mol. The number of likely N-dealkylation sites (N-methyl/N-ethyl adjacent to an activating group) is 1. The highest BCUT2D eigenvalue weighted by Gasteiger charge is 2.28. The Morgan fingerprint density at radius 2 is 2.13 bits per heavy atom. The van der Waals surface area contributed by atoms with Crippen molar-refractivity contribution in [2.75, 3.05) is 19.6 Å². The Labute approximate surface area is 94.4 Å². The summed E-state index contributed by atoms with van der Waals surface area (Å²) < 4.78 is 0. The van der Waals surface area contributed by atoms with Gasteiger partial charge in [0.05, 0.1) is 0 Å². The lowest BCUT2D eigenvalue weighted by Gasteiger charge is -2.37. The molecule has 1 saturated heterocycles. The molecule has 2 nitrogen and oxygen atoms in total. The van der Waals surface area contributed by atoms with Crippen LogP contribution < -0.4 is 5.32 Å². The van der Waals surface area contributed by atoms with Gasteiger partial charge in [-0.3, -0.25) is 4.90 Å². The highest BCUT2D eigenvalue weighted by atomic mass is 15.2. The van der Waals surface area contributed by atoms with Crippen LogP contribution in [0.4, 0.5) is 0 Å². The van der Waals surface area contributed by atoms with E-state index in [4.69, 9.17) is 0 Å². The van der Waals surface area contributed by atoms with E-state index in [-0.39, 0.29) is 0 Å². The summed E-state index contributed by atoms with van der Waals surface area (Å²) in [5, 5.41) is 3.48. The van der Waals surface area contributed by atoms with E-state index >= 15 is 0 Å². The second-order valence-corrected chi connectivity index (χ2v) is 5.36. The summed E-state index contributed by atoms with van der Waals surface area (Å²) in [5.74, 6) is 1.04. The second-order valence-electron chi connectivity index (χ2n) is 5.36. The van der Waals surface area contributed by atoms with Gasteiger partial charge in [0, 0.05) is 18.6 Å². The third-order valence-electron chi connectivity index (χ3n) is 4.33. The molecule has 0 bridgehead atoms. The number of nitrogens with one attached hydrogen (secondary N) is 1. The van der Waals surface area contributed by atoms with Crippen molar-refractivity contribution in [2.45, 2.75) is 58.0 Å². The second kappa shape index (κ2) is 5.31. The van der Waals surface area contributed by atoms with Gasteiger partial charge >= 0.3 is 0 Å². The van der Waals surface area contributed by atoms with Crippen molar-refractivity contribution < 1.29 is 0 Å². The van der Waals surface area contributed by atoms with Gasteiger partial charge in [0.2, 0.25) is 0 Å². The van der Waals surface area contributed by atoms with Crippen molar-refractivity contribution in [3.8, 4) is 0 Å². The fraction of sp³-hybridized carbons (Fsp3) is 1.00.